The van der Waals surface area contributed by atoms with Crippen LogP contribution in [0.4, 0.5) is 9.52 Å². The van der Waals surface area contributed by atoms with Gasteiger partial charge in [0.05, 0.1) is 17.0 Å². The lowest BCUT2D eigenvalue weighted by Crippen LogP contribution is -2.14. The zero-order valence-corrected chi connectivity index (χ0v) is 15.6. The standard InChI is InChI=1S/C17H16FN5OS2/c1-10-8-25-16(19-10)20-14(24)9-26-17-22-21-15(23(17)11-6-7-11)12-4-2-3-5-13(12)18/h2-5,8,11H,6-7,9H2,1H3,(H,19,20,24). The number of carbonyl (C=O) groups is 1. The van der Waals surface area contributed by atoms with E-state index in [-0.39, 0.29) is 23.5 Å². The Bertz CT molecular complexity index is 950. The first-order chi connectivity index (χ1) is 12.6. The summed E-state index contributed by atoms with van der Waals surface area (Å²) in [5, 5.41) is 14.3. The number of rotatable bonds is 6. The van der Waals surface area contributed by atoms with Crippen LogP contribution in [-0.4, -0.2) is 31.4 Å². The van der Waals surface area contributed by atoms with E-state index in [9.17, 15) is 9.18 Å². The van der Waals surface area contributed by atoms with Crippen LogP contribution in [0.2, 0.25) is 0 Å². The highest BCUT2D eigenvalue weighted by Gasteiger charge is 2.31. The van der Waals surface area contributed by atoms with E-state index in [4.69, 9.17) is 0 Å². The summed E-state index contributed by atoms with van der Waals surface area (Å²) in [4.78, 5) is 16.4. The largest absolute Gasteiger partial charge is 0.301 e. The Balaban J connectivity index is 1.50. The number of halogens is 1. The van der Waals surface area contributed by atoms with E-state index in [0.717, 1.165) is 18.5 Å². The number of thiazole rings is 1. The van der Waals surface area contributed by atoms with Gasteiger partial charge in [-0.25, -0.2) is 9.37 Å². The average molecular weight is 389 g/mol. The van der Waals surface area contributed by atoms with Gasteiger partial charge >= 0.3 is 0 Å². The monoisotopic (exact) mass is 389 g/mol. The first-order valence-corrected chi connectivity index (χ1v) is 10.0. The fourth-order valence-corrected chi connectivity index (χ4v) is 4.07. The molecule has 1 aromatic carbocycles. The SMILES string of the molecule is Cc1csc(NC(=O)CSc2nnc(-c3ccccc3F)n2C2CC2)n1. The Morgan fingerprint density at radius 2 is 2.19 bits per heavy atom. The van der Waals surface area contributed by atoms with E-state index < -0.39 is 0 Å². The predicted molar refractivity (Wildman–Crippen MR) is 99.9 cm³/mol. The van der Waals surface area contributed by atoms with Crippen LogP contribution in [0.1, 0.15) is 24.6 Å². The third-order valence-electron chi connectivity index (χ3n) is 3.89. The molecule has 1 saturated carbocycles. The Kier molecular flexibility index (Phi) is 4.73. The lowest BCUT2D eigenvalue weighted by molar-refractivity contribution is -0.113. The van der Waals surface area contributed by atoms with Crippen LogP contribution < -0.4 is 5.32 Å². The molecule has 134 valence electrons. The van der Waals surface area contributed by atoms with Crippen LogP contribution in [0.15, 0.2) is 34.8 Å². The minimum absolute atomic E-state index is 0.151. The second-order valence-electron chi connectivity index (χ2n) is 6.02. The molecule has 0 spiro atoms. The molecule has 4 rings (SSSR count). The lowest BCUT2D eigenvalue weighted by atomic mass is 10.2. The van der Waals surface area contributed by atoms with E-state index in [0.29, 0.717) is 21.7 Å². The van der Waals surface area contributed by atoms with Gasteiger partial charge in [-0.15, -0.1) is 21.5 Å². The minimum Gasteiger partial charge on any atom is -0.301 e. The molecule has 2 heterocycles. The first-order valence-electron chi connectivity index (χ1n) is 8.16. The number of nitrogens with one attached hydrogen (secondary N) is 1. The number of hydrogen-bond donors (Lipinski definition) is 1. The molecule has 0 aliphatic heterocycles. The van der Waals surface area contributed by atoms with Gasteiger partial charge < -0.3 is 5.32 Å². The van der Waals surface area contributed by atoms with Crippen molar-refractivity contribution >= 4 is 34.1 Å². The third-order valence-corrected chi connectivity index (χ3v) is 5.71. The molecule has 0 atom stereocenters. The van der Waals surface area contributed by atoms with E-state index in [2.05, 4.69) is 20.5 Å². The molecule has 0 bridgehead atoms. The van der Waals surface area contributed by atoms with Crippen LogP contribution in [-0.2, 0) is 4.79 Å². The van der Waals surface area contributed by atoms with Crippen molar-refractivity contribution in [3.63, 3.8) is 0 Å². The second kappa shape index (κ2) is 7.16. The summed E-state index contributed by atoms with van der Waals surface area (Å²) in [5.41, 5.74) is 1.31. The number of hydrogen-bond acceptors (Lipinski definition) is 6. The summed E-state index contributed by atoms with van der Waals surface area (Å²) in [6.45, 7) is 1.88. The number of anilines is 1. The minimum atomic E-state index is -0.324. The number of nitrogens with zero attached hydrogens (tertiary/aromatic N) is 4. The summed E-state index contributed by atoms with van der Waals surface area (Å²) in [6, 6.07) is 6.81. The van der Waals surface area contributed by atoms with Gasteiger partial charge in [-0.05, 0) is 31.9 Å². The first kappa shape index (κ1) is 17.2. The van der Waals surface area contributed by atoms with Crippen LogP contribution in [0.5, 0.6) is 0 Å². The number of thioether (sulfide) groups is 1. The van der Waals surface area contributed by atoms with Crippen molar-refractivity contribution in [2.24, 2.45) is 0 Å². The second-order valence-corrected chi connectivity index (χ2v) is 7.82. The van der Waals surface area contributed by atoms with Crippen LogP contribution >= 0.6 is 23.1 Å². The average Bonchev–Trinajstić information content (AvgIpc) is 3.25. The summed E-state index contributed by atoms with van der Waals surface area (Å²) in [7, 11) is 0. The molecule has 1 N–H and O–H groups in total. The Morgan fingerprint density at radius 3 is 2.88 bits per heavy atom. The Morgan fingerprint density at radius 1 is 1.38 bits per heavy atom. The molecule has 0 unspecified atom stereocenters. The number of carbonyl (C=O) groups excluding carboxylic acids is 1. The third kappa shape index (κ3) is 3.63. The van der Waals surface area contributed by atoms with Crippen molar-refractivity contribution in [3.05, 3.63) is 41.2 Å². The molecular weight excluding hydrogens is 373 g/mol. The van der Waals surface area contributed by atoms with Crippen molar-refractivity contribution in [2.45, 2.75) is 31.0 Å². The highest BCUT2D eigenvalue weighted by molar-refractivity contribution is 7.99. The molecule has 1 amide bonds. The normalized spacial score (nSPS) is 13.8. The van der Waals surface area contributed by atoms with Crippen LogP contribution in [0, 0.1) is 12.7 Å². The maximum atomic E-state index is 14.1. The molecule has 0 radical (unpaired) electrons. The number of aromatic nitrogens is 4. The number of aryl methyl sites for hydroxylation is 1. The zero-order chi connectivity index (χ0) is 18.1. The number of amides is 1. The van der Waals surface area contributed by atoms with Crippen molar-refractivity contribution in [1.82, 2.24) is 19.7 Å². The maximum absolute atomic E-state index is 14.1. The molecule has 1 aliphatic rings. The van der Waals surface area contributed by atoms with E-state index in [1.165, 1.54) is 29.2 Å². The molecule has 2 aromatic heterocycles. The van der Waals surface area contributed by atoms with Gasteiger partial charge in [0, 0.05) is 11.4 Å². The van der Waals surface area contributed by atoms with Gasteiger partial charge in [-0.1, -0.05) is 23.9 Å². The van der Waals surface area contributed by atoms with Gasteiger partial charge in [0.1, 0.15) is 5.82 Å². The van der Waals surface area contributed by atoms with E-state index >= 15 is 0 Å². The van der Waals surface area contributed by atoms with Crippen molar-refractivity contribution in [2.75, 3.05) is 11.1 Å². The fraction of sp³-hybridized carbons (Fsp3) is 0.294. The zero-order valence-electron chi connectivity index (χ0n) is 14.0. The molecule has 1 fully saturated rings. The van der Waals surface area contributed by atoms with Crippen LogP contribution in [0.25, 0.3) is 11.4 Å². The van der Waals surface area contributed by atoms with Crippen molar-refractivity contribution in [1.29, 1.82) is 0 Å². The van der Waals surface area contributed by atoms with Gasteiger partial charge in [-0.3, -0.25) is 9.36 Å². The summed E-state index contributed by atoms with van der Waals surface area (Å²) in [5.74, 6) is 0.238. The van der Waals surface area contributed by atoms with Gasteiger partial charge in [0.15, 0.2) is 16.1 Å². The Hall–Kier alpha value is -2.26. The smallest absolute Gasteiger partial charge is 0.236 e. The van der Waals surface area contributed by atoms with Gasteiger partial charge in [0.25, 0.3) is 0 Å². The lowest BCUT2D eigenvalue weighted by Gasteiger charge is -2.09. The molecule has 1 aliphatic carbocycles. The number of benzene rings is 1. The molecule has 6 nitrogen and oxygen atoms in total. The predicted octanol–water partition coefficient (Wildman–Crippen LogP) is 3.91. The molecule has 26 heavy (non-hydrogen) atoms. The maximum Gasteiger partial charge on any atom is 0.236 e. The van der Waals surface area contributed by atoms with Crippen molar-refractivity contribution in [3.8, 4) is 11.4 Å². The quantitative estimate of drug-likeness (QED) is 0.647. The van der Waals surface area contributed by atoms with Gasteiger partial charge in [0.2, 0.25) is 5.91 Å². The Labute approximate surface area is 157 Å². The van der Waals surface area contributed by atoms with E-state index in [1.807, 2.05) is 16.9 Å². The van der Waals surface area contributed by atoms with E-state index in [1.54, 1.807) is 18.2 Å². The summed E-state index contributed by atoms with van der Waals surface area (Å²) in [6.07, 6.45) is 2.02. The molecular formula is C17H16FN5OS2. The summed E-state index contributed by atoms with van der Waals surface area (Å²) < 4.78 is 16.1. The fourth-order valence-electron chi connectivity index (χ4n) is 2.56. The highest BCUT2D eigenvalue weighted by atomic mass is 32.2. The molecule has 9 heteroatoms. The topological polar surface area (TPSA) is 72.7 Å². The van der Waals surface area contributed by atoms with Crippen molar-refractivity contribution < 1.29 is 9.18 Å². The highest BCUT2D eigenvalue weighted by Crippen LogP contribution is 2.41. The molecule has 0 saturated heterocycles. The van der Waals surface area contributed by atoms with Gasteiger partial charge in [-0.2, -0.15) is 0 Å². The summed E-state index contributed by atoms with van der Waals surface area (Å²) >= 11 is 2.70. The van der Waals surface area contributed by atoms with Crippen LogP contribution in [0.3, 0.4) is 0 Å². The molecule has 3 aromatic rings.